The summed E-state index contributed by atoms with van der Waals surface area (Å²) >= 11 is 0. The number of sulfonamides is 1. The Kier molecular flexibility index (Phi) is 4.74. The Morgan fingerprint density at radius 2 is 1.93 bits per heavy atom. The van der Waals surface area contributed by atoms with Gasteiger partial charge in [-0.15, -0.1) is 0 Å². The molecule has 0 atom stereocenters. The van der Waals surface area contributed by atoms with E-state index >= 15 is 0 Å². The van der Waals surface area contributed by atoms with Gasteiger partial charge in [0.15, 0.2) is 0 Å². The lowest BCUT2D eigenvalue weighted by atomic mass is 10.2. The summed E-state index contributed by atoms with van der Waals surface area (Å²) in [5.41, 5.74) is -0.265. The minimum atomic E-state index is -3.77. The average Bonchev–Trinajstić information content (AvgIpc) is 3.22. The topological polar surface area (TPSA) is 108 Å². The lowest BCUT2D eigenvalue weighted by molar-refractivity contribution is 0.542. The first-order valence-corrected chi connectivity index (χ1v) is 11.3. The summed E-state index contributed by atoms with van der Waals surface area (Å²) in [4.78, 5) is 26.3. The molecule has 4 rings (SSSR count). The predicted octanol–water partition coefficient (Wildman–Crippen LogP) is 1.36. The number of aryl methyl sites for hydroxylation is 1. The average molecular weight is 432 g/mol. The van der Waals surface area contributed by atoms with Gasteiger partial charge in [-0.1, -0.05) is 0 Å². The van der Waals surface area contributed by atoms with Crippen molar-refractivity contribution < 1.29 is 8.42 Å². The van der Waals surface area contributed by atoms with Gasteiger partial charge in [0.1, 0.15) is 0 Å². The van der Waals surface area contributed by atoms with Gasteiger partial charge in [-0.05, 0) is 51.8 Å². The zero-order chi connectivity index (χ0) is 21.8. The highest BCUT2D eigenvalue weighted by Crippen LogP contribution is 2.36. The number of benzene rings is 1. The first-order valence-electron chi connectivity index (χ1n) is 9.81. The van der Waals surface area contributed by atoms with E-state index in [9.17, 15) is 18.0 Å². The monoisotopic (exact) mass is 431 g/mol. The molecule has 0 bridgehead atoms. The molecule has 2 heterocycles. The fourth-order valence-electron chi connectivity index (χ4n) is 3.58. The van der Waals surface area contributed by atoms with E-state index in [4.69, 9.17) is 0 Å². The van der Waals surface area contributed by atoms with E-state index in [1.807, 2.05) is 20.8 Å². The van der Waals surface area contributed by atoms with Gasteiger partial charge in [0, 0.05) is 30.4 Å². The highest BCUT2D eigenvalue weighted by Gasteiger charge is 2.41. The molecular formula is C20H25N5O4S. The Labute approximate surface area is 174 Å². The summed E-state index contributed by atoms with van der Waals surface area (Å²) in [5.74, 6) is 0. The van der Waals surface area contributed by atoms with E-state index in [2.05, 4.69) is 9.82 Å². The minimum absolute atomic E-state index is 0.0158. The minimum Gasteiger partial charge on any atom is -0.291 e. The van der Waals surface area contributed by atoms with E-state index in [0.717, 1.165) is 17.4 Å². The van der Waals surface area contributed by atoms with Crippen molar-refractivity contribution in [3.8, 4) is 0 Å². The van der Waals surface area contributed by atoms with Gasteiger partial charge in [0.25, 0.3) is 5.56 Å². The SMILES string of the molecule is CC(C)n1c(=O)n(Cc2cnn(C)c2)c(=O)c2cc(S(=O)(=O)NC3(C)CC3)ccc21. The summed E-state index contributed by atoms with van der Waals surface area (Å²) in [6.07, 6.45) is 4.89. The van der Waals surface area contributed by atoms with E-state index in [1.54, 1.807) is 24.1 Å². The lowest BCUT2D eigenvalue weighted by Crippen LogP contribution is -2.41. The Bertz CT molecular complexity index is 1360. The number of nitrogens with zero attached hydrogens (tertiary/aromatic N) is 4. The lowest BCUT2D eigenvalue weighted by Gasteiger charge is -2.18. The molecule has 160 valence electrons. The number of nitrogens with one attached hydrogen (secondary N) is 1. The molecule has 30 heavy (non-hydrogen) atoms. The van der Waals surface area contributed by atoms with Crippen LogP contribution in [0.3, 0.4) is 0 Å². The summed E-state index contributed by atoms with van der Waals surface area (Å²) in [5, 5.41) is 4.27. The molecule has 0 saturated heterocycles. The standard InChI is InChI=1S/C20H25N5O4S/c1-13(2)25-17-6-5-15(30(28,29)22-20(3)7-8-20)9-16(17)18(26)24(19(25)27)12-14-10-21-23(4)11-14/h5-6,9-11,13,22H,7-8,12H2,1-4H3. The maximum absolute atomic E-state index is 13.2. The zero-order valence-corrected chi connectivity index (χ0v) is 18.2. The molecule has 1 saturated carbocycles. The third-order valence-electron chi connectivity index (χ3n) is 5.45. The fourth-order valence-corrected chi connectivity index (χ4v) is 5.07. The van der Waals surface area contributed by atoms with Crippen LogP contribution in [0.2, 0.25) is 0 Å². The van der Waals surface area contributed by atoms with Crippen molar-refractivity contribution in [3.05, 3.63) is 57.0 Å². The second kappa shape index (κ2) is 6.92. The predicted molar refractivity (Wildman–Crippen MR) is 113 cm³/mol. The third-order valence-corrected chi connectivity index (χ3v) is 7.08. The van der Waals surface area contributed by atoms with E-state index in [-0.39, 0.29) is 22.9 Å². The van der Waals surface area contributed by atoms with Crippen molar-refractivity contribution in [1.82, 2.24) is 23.6 Å². The summed E-state index contributed by atoms with van der Waals surface area (Å²) in [7, 11) is -2.02. The normalized spacial score (nSPS) is 15.8. The van der Waals surface area contributed by atoms with Crippen LogP contribution >= 0.6 is 0 Å². The van der Waals surface area contributed by atoms with Crippen molar-refractivity contribution in [3.63, 3.8) is 0 Å². The zero-order valence-electron chi connectivity index (χ0n) is 17.4. The Morgan fingerprint density at radius 1 is 1.23 bits per heavy atom. The molecule has 10 heteroatoms. The molecule has 0 aliphatic heterocycles. The molecule has 0 radical (unpaired) electrons. The largest absolute Gasteiger partial charge is 0.332 e. The van der Waals surface area contributed by atoms with Gasteiger partial charge in [0.05, 0.1) is 28.5 Å². The highest BCUT2D eigenvalue weighted by molar-refractivity contribution is 7.89. The summed E-state index contributed by atoms with van der Waals surface area (Å²) < 4.78 is 32.6. The van der Waals surface area contributed by atoms with Crippen molar-refractivity contribution in [2.45, 2.75) is 56.6 Å². The second-order valence-electron chi connectivity index (χ2n) is 8.50. The molecule has 1 aromatic carbocycles. The molecular weight excluding hydrogens is 406 g/mol. The molecule has 0 spiro atoms. The first-order chi connectivity index (χ1) is 14.0. The molecule has 1 aliphatic rings. The molecule has 1 N–H and O–H groups in total. The molecule has 9 nitrogen and oxygen atoms in total. The van der Waals surface area contributed by atoms with Gasteiger partial charge in [-0.2, -0.15) is 5.10 Å². The van der Waals surface area contributed by atoms with Crippen LogP contribution in [0.5, 0.6) is 0 Å². The summed E-state index contributed by atoms with van der Waals surface area (Å²) in [6, 6.07) is 4.13. The van der Waals surface area contributed by atoms with Crippen LogP contribution in [0.25, 0.3) is 10.9 Å². The number of rotatable bonds is 6. The van der Waals surface area contributed by atoms with Crippen LogP contribution in [0, 0.1) is 0 Å². The van der Waals surface area contributed by atoms with Gasteiger partial charge < -0.3 is 0 Å². The van der Waals surface area contributed by atoms with Crippen LogP contribution in [0.15, 0.2) is 45.1 Å². The Morgan fingerprint density at radius 3 is 2.50 bits per heavy atom. The van der Waals surface area contributed by atoms with E-state index in [1.165, 1.54) is 22.8 Å². The maximum atomic E-state index is 13.2. The fraction of sp³-hybridized carbons (Fsp3) is 0.450. The number of hydrogen-bond donors (Lipinski definition) is 1. The number of aromatic nitrogens is 4. The highest BCUT2D eigenvalue weighted by atomic mass is 32.2. The molecule has 1 aliphatic carbocycles. The van der Waals surface area contributed by atoms with E-state index in [0.29, 0.717) is 11.1 Å². The van der Waals surface area contributed by atoms with Crippen LogP contribution in [0.4, 0.5) is 0 Å². The molecule has 0 unspecified atom stereocenters. The molecule has 3 aromatic rings. The third kappa shape index (κ3) is 3.61. The molecule has 0 amide bonds. The van der Waals surface area contributed by atoms with Crippen LogP contribution in [-0.4, -0.2) is 32.9 Å². The van der Waals surface area contributed by atoms with Crippen LogP contribution in [0.1, 0.15) is 45.2 Å². The number of fused-ring (bicyclic) bond motifs is 1. The van der Waals surface area contributed by atoms with Crippen LogP contribution < -0.4 is 16.0 Å². The van der Waals surface area contributed by atoms with Crippen molar-refractivity contribution >= 4 is 20.9 Å². The van der Waals surface area contributed by atoms with Gasteiger partial charge in [-0.3, -0.25) is 18.6 Å². The van der Waals surface area contributed by atoms with Crippen molar-refractivity contribution in [2.24, 2.45) is 7.05 Å². The summed E-state index contributed by atoms with van der Waals surface area (Å²) in [6.45, 7) is 5.60. The second-order valence-corrected chi connectivity index (χ2v) is 10.2. The quantitative estimate of drug-likeness (QED) is 0.634. The Balaban J connectivity index is 1.92. The van der Waals surface area contributed by atoms with Gasteiger partial charge >= 0.3 is 5.69 Å². The smallest absolute Gasteiger partial charge is 0.291 e. The van der Waals surface area contributed by atoms with Crippen molar-refractivity contribution in [2.75, 3.05) is 0 Å². The van der Waals surface area contributed by atoms with Crippen LogP contribution in [-0.2, 0) is 23.6 Å². The maximum Gasteiger partial charge on any atom is 0.332 e. The molecule has 1 fully saturated rings. The Hall–Kier alpha value is -2.72. The molecule has 2 aromatic heterocycles. The van der Waals surface area contributed by atoms with Crippen molar-refractivity contribution in [1.29, 1.82) is 0 Å². The van der Waals surface area contributed by atoms with Gasteiger partial charge in [-0.25, -0.2) is 17.9 Å². The number of hydrogen-bond acceptors (Lipinski definition) is 5. The van der Waals surface area contributed by atoms with Gasteiger partial charge in [0.2, 0.25) is 10.0 Å². The first kappa shape index (κ1) is 20.5. The van der Waals surface area contributed by atoms with E-state index < -0.39 is 26.8 Å².